The predicted molar refractivity (Wildman–Crippen MR) is 128 cm³/mol. The van der Waals surface area contributed by atoms with Gasteiger partial charge in [-0.25, -0.2) is 4.79 Å². The van der Waals surface area contributed by atoms with Crippen molar-refractivity contribution in [3.05, 3.63) is 59.8 Å². The minimum absolute atomic E-state index is 0.388. The molecule has 7 heteroatoms. The van der Waals surface area contributed by atoms with Gasteiger partial charge >= 0.3 is 6.09 Å². The highest BCUT2D eigenvalue weighted by Gasteiger charge is 2.20. The number of hydrogen-bond acceptors (Lipinski definition) is 5. The first-order valence-corrected chi connectivity index (χ1v) is 11.3. The lowest BCUT2D eigenvalue weighted by Crippen LogP contribution is -2.41. The lowest BCUT2D eigenvalue weighted by atomic mass is 10.0. The summed E-state index contributed by atoms with van der Waals surface area (Å²) in [4.78, 5) is 14.4. The van der Waals surface area contributed by atoms with Crippen molar-refractivity contribution in [1.82, 2.24) is 20.4 Å². The molecule has 0 saturated carbocycles. The molecule has 1 amide bonds. The number of hydrogen-bond donors (Lipinski definition) is 3. The predicted octanol–water partition coefficient (Wildman–Crippen LogP) is 4.66. The number of carbonyl (C=O) groups excluding carboxylic acids is 1. The summed E-state index contributed by atoms with van der Waals surface area (Å²) in [5, 5.41) is 14.8. The van der Waals surface area contributed by atoms with Gasteiger partial charge < -0.3 is 15.4 Å². The number of anilines is 1. The molecule has 2 aromatic carbocycles. The fraction of sp³-hybridized carbons (Fsp3) is 0.440. The van der Waals surface area contributed by atoms with Crippen LogP contribution < -0.4 is 10.6 Å². The Morgan fingerprint density at radius 1 is 1.22 bits per heavy atom. The van der Waals surface area contributed by atoms with Crippen LogP contribution in [0.4, 0.5) is 10.5 Å². The molecule has 2 heterocycles. The van der Waals surface area contributed by atoms with E-state index in [1.54, 1.807) is 0 Å². The second-order valence-electron chi connectivity index (χ2n) is 9.57. The minimum atomic E-state index is -0.491. The van der Waals surface area contributed by atoms with E-state index >= 15 is 0 Å². The molecule has 7 nitrogen and oxygen atoms in total. The molecule has 3 aromatic rings. The first-order chi connectivity index (χ1) is 15.3. The number of H-pyrrole nitrogens is 1. The first-order valence-electron chi connectivity index (χ1n) is 11.3. The Morgan fingerprint density at radius 2 is 2.06 bits per heavy atom. The lowest BCUT2D eigenvalue weighted by Gasteiger charge is -2.33. The van der Waals surface area contributed by atoms with Gasteiger partial charge in [0, 0.05) is 36.7 Å². The molecule has 1 fully saturated rings. The van der Waals surface area contributed by atoms with Gasteiger partial charge in [-0.1, -0.05) is 24.3 Å². The summed E-state index contributed by atoms with van der Waals surface area (Å²) in [7, 11) is 0. The molecule has 0 radical (unpaired) electrons. The van der Waals surface area contributed by atoms with Crippen LogP contribution in [0.2, 0.25) is 0 Å². The highest BCUT2D eigenvalue weighted by Crippen LogP contribution is 2.21. The average Bonchev–Trinajstić information content (AvgIpc) is 3.20. The Balaban J connectivity index is 1.30. The molecule has 3 N–H and O–H groups in total. The van der Waals surface area contributed by atoms with Gasteiger partial charge in [-0.2, -0.15) is 5.10 Å². The summed E-state index contributed by atoms with van der Waals surface area (Å²) in [6.45, 7) is 9.06. The van der Waals surface area contributed by atoms with Crippen LogP contribution in [0.5, 0.6) is 0 Å². The zero-order valence-electron chi connectivity index (χ0n) is 19.1. The van der Waals surface area contributed by atoms with E-state index in [-0.39, 0.29) is 6.09 Å². The zero-order valence-corrected chi connectivity index (χ0v) is 19.1. The Labute approximate surface area is 189 Å². The standard InChI is InChI=1S/C25H33N5O2/c1-25(2,3)32-24(31)26-14-18-6-4-7-19(12-18)16-30-11-5-8-22(17-30)28-21-9-10-23-20(13-21)15-27-29-23/h4,6-7,9-10,12-13,15,22,28H,5,8,11,14,16-17H2,1-3H3,(H,26,31)(H,27,29)/t22-/m0/s1. The number of nitrogens with one attached hydrogen (secondary N) is 3. The van der Waals surface area contributed by atoms with Crippen molar-refractivity contribution < 1.29 is 9.53 Å². The number of likely N-dealkylation sites (tertiary alicyclic amines) is 1. The maximum absolute atomic E-state index is 11.9. The SMILES string of the molecule is CC(C)(C)OC(=O)NCc1cccc(CN2CCC[C@H](Nc3ccc4[nH]ncc4c3)C2)c1. The van der Waals surface area contributed by atoms with Crippen LogP contribution in [-0.4, -0.2) is 45.9 Å². The molecule has 0 spiro atoms. The van der Waals surface area contributed by atoms with Crippen molar-refractivity contribution in [2.24, 2.45) is 0 Å². The minimum Gasteiger partial charge on any atom is -0.444 e. The van der Waals surface area contributed by atoms with Gasteiger partial charge in [-0.3, -0.25) is 10.00 Å². The van der Waals surface area contributed by atoms with Gasteiger partial charge in [-0.05, 0) is 69.5 Å². The molecule has 32 heavy (non-hydrogen) atoms. The van der Waals surface area contributed by atoms with Crippen molar-refractivity contribution in [3.63, 3.8) is 0 Å². The third kappa shape index (κ3) is 6.23. The highest BCUT2D eigenvalue weighted by atomic mass is 16.6. The number of alkyl carbamates (subject to hydrolysis) is 1. The maximum Gasteiger partial charge on any atom is 0.407 e. The first kappa shape index (κ1) is 22.1. The third-order valence-corrected chi connectivity index (χ3v) is 5.55. The van der Waals surface area contributed by atoms with Crippen LogP contribution in [0.15, 0.2) is 48.7 Å². The number of nitrogens with zero attached hydrogens (tertiary/aromatic N) is 2. The third-order valence-electron chi connectivity index (χ3n) is 5.55. The van der Waals surface area contributed by atoms with E-state index in [4.69, 9.17) is 4.74 Å². The second kappa shape index (κ2) is 9.61. The van der Waals surface area contributed by atoms with Crippen LogP contribution in [0, 0.1) is 0 Å². The van der Waals surface area contributed by atoms with E-state index in [0.717, 1.165) is 41.8 Å². The van der Waals surface area contributed by atoms with E-state index in [2.05, 4.69) is 62.1 Å². The van der Waals surface area contributed by atoms with Crippen molar-refractivity contribution >= 4 is 22.7 Å². The molecule has 4 rings (SSSR count). The van der Waals surface area contributed by atoms with E-state index in [9.17, 15) is 4.79 Å². The van der Waals surface area contributed by atoms with E-state index < -0.39 is 5.60 Å². The molecule has 1 saturated heterocycles. The Bertz CT molecular complexity index is 1060. The van der Waals surface area contributed by atoms with Crippen molar-refractivity contribution in [3.8, 4) is 0 Å². The molecule has 0 bridgehead atoms. The molecule has 1 aliphatic rings. The number of benzene rings is 2. The van der Waals surface area contributed by atoms with Crippen LogP contribution >= 0.6 is 0 Å². The van der Waals surface area contributed by atoms with Gasteiger partial charge in [0.05, 0.1) is 11.7 Å². The number of rotatable bonds is 6. The van der Waals surface area contributed by atoms with Crippen molar-refractivity contribution in [1.29, 1.82) is 0 Å². The fourth-order valence-electron chi connectivity index (χ4n) is 4.17. The molecule has 1 aromatic heterocycles. The van der Waals surface area contributed by atoms with Crippen LogP contribution in [0.25, 0.3) is 10.9 Å². The topological polar surface area (TPSA) is 82.3 Å². The number of aromatic amines is 1. The number of amides is 1. The van der Waals surface area contributed by atoms with Gasteiger partial charge in [0.1, 0.15) is 5.60 Å². The molecule has 0 unspecified atom stereocenters. The second-order valence-corrected chi connectivity index (χ2v) is 9.57. The molecular formula is C25H33N5O2. The monoisotopic (exact) mass is 435 g/mol. The molecule has 1 atom stereocenters. The van der Waals surface area contributed by atoms with Crippen LogP contribution in [0.3, 0.4) is 0 Å². The Morgan fingerprint density at radius 3 is 2.91 bits per heavy atom. The van der Waals surface area contributed by atoms with Gasteiger partial charge in [0.2, 0.25) is 0 Å². The van der Waals surface area contributed by atoms with E-state index in [0.29, 0.717) is 12.6 Å². The Kier molecular flexibility index (Phi) is 6.65. The smallest absolute Gasteiger partial charge is 0.407 e. The zero-order chi connectivity index (χ0) is 22.6. The Hall–Kier alpha value is -3.06. The summed E-state index contributed by atoms with van der Waals surface area (Å²) in [6, 6.07) is 15.2. The summed E-state index contributed by atoms with van der Waals surface area (Å²) in [6.07, 6.45) is 3.81. The summed E-state index contributed by atoms with van der Waals surface area (Å²) < 4.78 is 5.32. The van der Waals surface area contributed by atoms with Crippen LogP contribution in [-0.2, 0) is 17.8 Å². The highest BCUT2D eigenvalue weighted by molar-refractivity contribution is 5.81. The number of carbonyl (C=O) groups is 1. The summed E-state index contributed by atoms with van der Waals surface area (Å²) in [5.41, 5.74) is 4.04. The van der Waals surface area contributed by atoms with Gasteiger partial charge in [-0.15, -0.1) is 0 Å². The van der Waals surface area contributed by atoms with Crippen molar-refractivity contribution in [2.75, 3.05) is 18.4 Å². The lowest BCUT2D eigenvalue weighted by molar-refractivity contribution is 0.0523. The van der Waals surface area contributed by atoms with E-state index in [1.807, 2.05) is 33.0 Å². The van der Waals surface area contributed by atoms with Gasteiger partial charge in [0.25, 0.3) is 0 Å². The summed E-state index contributed by atoms with van der Waals surface area (Å²) >= 11 is 0. The fourth-order valence-corrected chi connectivity index (χ4v) is 4.17. The molecule has 170 valence electrons. The van der Waals surface area contributed by atoms with Crippen LogP contribution in [0.1, 0.15) is 44.7 Å². The molecule has 0 aliphatic carbocycles. The molecular weight excluding hydrogens is 402 g/mol. The quantitative estimate of drug-likeness (QED) is 0.524. The van der Waals surface area contributed by atoms with Crippen molar-refractivity contribution in [2.45, 2.75) is 58.3 Å². The number of aromatic nitrogens is 2. The number of ether oxygens (including phenoxy) is 1. The van der Waals surface area contributed by atoms with E-state index in [1.165, 1.54) is 18.4 Å². The summed E-state index contributed by atoms with van der Waals surface area (Å²) in [5.74, 6) is 0. The number of fused-ring (bicyclic) bond motifs is 1. The number of piperidine rings is 1. The maximum atomic E-state index is 11.9. The normalized spacial score (nSPS) is 17.3. The van der Waals surface area contributed by atoms with Gasteiger partial charge in [0.15, 0.2) is 0 Å². The molecule has 1 aliphatic heterocycles. The average molecular weight is 436 g/mol. The largest absolute Gasteiger partial charge is 0.444 e.